The van der Waals surface area contributed by atoms with Crippen LogP contribution in [0, 0.1) is 0 Å². The fraction of sp³-hybridized carbons (Fsp3) is 0.400. The average molecular weight is 432 g/mol. The van der Waals surface area contributed by atoms with Crippen molar-refractivity contribution >= 4 is 49.2 Å². The highest BCUT2D eigenvalue weighted by atomic mass is 79.9. The molecule has 3 unspecified atom stereocenters. The van der Waals surface area contributed by atoms with Crippen molar-refractivity contribution in [3.05, 3.63) is 28.8 Å². The van der Waals surface area contributed by atoms with Gasteiger partial charge in [0.2, 0.25) is 11.6 Å². The van der Waals surface area contributed by atoms with Crippen molar-refractivity contribution in [1.29, 1.82) is 0 Å². The maximum atomic E-state index is 12.5. The SMILES string of the molecule is CC1(C)Oc2ccc3c(c2C(O)C1Br)C(=O)C(Br)C(=O)C3=O. The first-order chi connectivity index (χ1) is 10.2. The van der Waals surface area contributed by atoms with E-state index in [4.69, 9.17) is 4.74 Å². The quantitative estimate of drug-likeness (QED) is 0.387. The Morgan fingerprint density at radius 1 is 1.14 bits per heavy atom. The highest BCUT2D eigenvalue weighted by Crippen LogP contribution is 2.46. The van der Waals surface area contributed by atoms with Crippen molar-refractivity contribution in [2.75, 3.05) is 0 Å². The van der Waals surface area contributed by atoms with Gasteiger partial charge in [0.05, 0.1) is 10.9 Å². The number of hydrogen-bond donors (Lipinski definition) is 1. The molecular weight excluding hydrogens is 420 g/mol. The van der Waals surface area contributed by atoms with Crippen LogP contribution < -0.4 is 4.74 Å². The summed E-state index contributed by atoms with van der Waals surface area (Å²) in [5, 5.41) is 10.6. The van der Waals surface area contributed by atoms with Gasteiger partial charge >= 0.3 is 0 Å². The number of rotatable bonds is 0. The molecule has 0 aromatic heterocycles. The summed E-state index contributed by atoms with van der Waals surface area (Å²) in [6, 6.07) is 2.92. The van der Waals surface area contributed by atoms with Gasteiger partial charge in [-0.3, -0.25) is 14.4 Å². The van der Waals surface area contributed by atoms with E-state index in [1.807, 2.05) is 13.8 Å². The molecule has 0 saturated heterocycles. The minimum Gasteiger partial charge on any atom is -0.486 e. The van der Waals surface area contributed by atoms with Crippen molar-refractivity contribution in [1.82, 2.24) is 0 Å². The average Bonchev–Trinajstić information content (AvgIpc) is 2.47. The molecule has 0 spiro atoms. The van der Waals surface area contributed by atoms with Crippen LogP contribution >= 0.6 is 31.9 Å². The highest BCUT2D eigenvalue weighted by Gasteiger charge is 2.47. The van der Waals surface area contributed by atoms with Crippen molar-refractivity contribution in [3.63, 3.8) is 0 Å². The normalized spacial score (nSPS) is 29.7. The monoisotopic (exact) mass is 430 g/mol. The van der Waals surface area contributed by atoms with Crippen molar-refractivity contribution in [3.8, 4) is 5.75 Å². The molecule has 1 aliphatic heterocycles. The summed E-state index contributed by atoms with van der Waals surface area (Å²) in [6.45, 7) is 3.61. The van der Waals surface area contributed by atoms with Crippen LogP contribution in [0.15, 0.2) is 12.1 Å². The molecule has 1 aliphatic carbocycles. The van der Waals surface area contributed by atoms with E-state index in [1.54, 1.807) is 0 Å². The number of carbonyl (C=O) groups excluding carboxylic acids is 3. The van der Waals surface area contributed by atoms with Gasteiger partial charge in [-0.25, -0.2) is 0 Å². The van der Waals surface area contributed by atoms with Gasteiger partial charge in [-0.2, -0.15) is 0 Å². The molecule has 1 aromatic rings. The molecule has 116 valence electrons. The van der Waals surface area contributed by atoms with Crippen LogP contribution in [0.1, 0.15) is 46.2 Å². The second-order valence-electron chi connectivity index (χ2n) is 5.87. The molecule has 3 atom stereocenters. The van der Waals surface area contributed by atoms with E-state index in [9.17, 15) is 19.5 Å². The third-order valence-electron chi connectivity index (χ3n) is 3.99. The number of alkyl halides is 2. The molecular formula is C15H12Br2O5. The molecule has 22 heavy (non-hydrogen) atoms. The molecule has 1 N–H and O–H groups in total. The molecule has 0 radical (unpaired) electrons. The molecule has 0 amide bonds. The number of ketones is 3. The Kier molecular flexibility index (Phi) is 3.58. The Labute approximate surface area is 143 Å². The van der Waals surface area contributed by atoms with Gasteiger partial charge in [0, 0.05) is 16.7 Å². The number of hydrogen-bond acceptors (Lipinski definition) is 5. The smallest absolute Gasteiger partial charge is 0.231 e. The number of fused-ring (bicyclic) bond motifs is 3. The molecule has 5 nitrogen and oxygen atoms in total. The zero-order valence-corrected chi connectivity index (χ0v) is 14.9. The highest BCUT2D eigenvalue weighted by molar-refractivity contribution is 9.10. The van der Waals surface area contributed by atoms with Crippen LogP contribution in [-0.4, -0.2) is 37.7 Å². The summed E-state index contributed by atoms with van der Waals surface area (Å²) in [4.78, 5) is 34.7. The van der Waals surface area contributed by atoms with Crippen LogP contribution in [0.5, 0.6) is 5.75 Å². The van der Waals surface area contributed by atoms with Crippen molar-refractivity contribution < 1.29 is 24.2 Å². The number of ether oxygens (including phenoxy) is 1. The number of benzene rings is 1. The predicted octanol–water partition coefficient (Wildman–Crippen LogP) is 2.37. The van der Waals surface area contributed by atoms with Gasteiger partial charge in [-0.1, -0.05) is 31.9 Å². The van der Waals surface area contributed by atoms with Gasteiger partial charge in [0.1, 0.15) is 16.2 Å². The number of aliphatic hydroxyl groups is 1. The summed E-state index contributed by atoms with van der Waals surface area (Å²) >= 11 is 6.35. The standard InChI is InChI=1S/C15H12Br2O5/c1-15(2)14(17)12(20)8-6(22-15)4-3-5-7(8)11(19)9(16)13(21)10(5)18/h3-4,9,12,14,20H,1-2H3. The maximum absolute atomic E-state index is 12.5. The zero-order valence-electron chi connectivity index (χ0n) is 11.7. The lowest BCUT2D eigenvalue weighted by atomic mass is 9.80. The fourth-order valence-corrected chi connectivity index (χ4v) is 3.59. The zero-order chi connectivity index (χ0) is 16.4. The first-order valence-corrected chi connectivity index (χ1v) is 8.45. The lowest BCUT2D eigenvalue weighted by Gasteiger charge is -2.41. The molecule has 0 fully saturated rings. The Morgan fingerprint density at radius 2 is 1.77 bits per heavy atom. The summed E-state index contributed by atoms with van der Waals surface area (Å²) in [5.74, 6) is -1.71. The molecule has 3 rings (SSSR count). The van der Waals surface area contributed by atoms with Gasteiger partial charge < -0.3 is 9.84 Å². The molecule has 0 saturated carbocycles. The van der Waals surface area contributed by atoms with E-state index in [0.29, 0.717) is 5.75 Å². The number of aliphatic hydroxyl groups excluding tert-OH is 1. The van der Waals surface area contributed by atoms with E-state index >= 15 is 0 Å². The second-order valence-corrected chi connectivity index (χ2v) is 7.77. The van der Waals surface area contributed by atoms with Gasteiger partial charge in [-0.15, -0.1) is 0 Å². The summed E-state index contributed by atoms with van der Waals surface area (Å²) in [5.41, 5.74) is -0.344. The first-order valence-electron chi connectivity index (χ1n) is 6.61. The predicted molar refractivity (Wildman–Crippen MR) is 85.2 cm³/mol. The van der Waals surface area contributed by atoms with Crippen LogP contribution in [0.3, 0.4) is 0 Å². The fourth-order valence-electron chi connectivity index (χ4n) is 2.80. The van der Waals surface area contributed by atoms with Crippen LogP contribution in [-0.2, 0) is 4.79 Å². The van der Waals surface area contributed by atoms with Gasteiger partial charge in [0.25, 0.3) is 0 Å². The van der Waals surface area contributed by atoms with E-state index < -0.39 is 38.7 Å². The topological polar surface area (TPSA) is 80.7 Å². The Morgan fingerprint density at radius 3 is 2.41 bits per heavy atom. The largest absolute Gasteiger partial charge is 0.486 e. The van der Waals surface area contributed by atoms with Crippen LogP contribution in [0.2, 0.25) is 0 Å². The lowest BCUT2D eigenvalue weighted by molar-refractivity contribution is -0.114. The van der Waals surface area contributed by atoms with Crippen LogP contribution in [0.25, 0.3) is 0 Å². The minimum absolute atomic E-state index is 0.0199. The summed E-state index contributed by atoms with van der Waals surface area (Å²) < 4.78 is 5.84. The van der Waals surface area contributed by atoms with Gasteiger partial charge in [0.15, 0.2) is 5.78 Å². The third kappa shape index (κ3) is 2.02. The van der Waals surface area contributed by atoms with Crippen molar-refractivity contribution in [2.24, 2.45) is 0 Å². The van der Waals surface area contributed by atoms with E-state index in [1.165, 1.54) is 12.1 Å². The Hall–Kier alpha value is -1.05. The summed E-state index contributed by atoms with van der Waals surface area (Å²) in [6.07, 6.45) is -1.03. The molecule has 7 heteroatoms. The minimum atomic E-state index is -1.21. The summed E-state index contributed by atoms with van der Waals surface area (Å²) in [7, 11) is 0. The molecule has 1 heterocycles. The van der Waals surface area contributed by atoms with Gasteiger partial charge in [-0.05, 0) is 26.0 Å². The Balaban J connectivity index is 2.29. The van der Waals surface area contributed by atoms with E-state index in [2.05, 4.69) is 31.9 Å². The molecule has 1 aromatic carbocycles. The molecule has 0 bridgehead atoms. The lowest BCUT2D eigenvalue weighted by Crippen LogP contribution is -2.47. The second kappa shape index (κ2) is 4.97. The number of Topliss-reactive ketones (excluding diaryl/α,β-unsaturated/α-hetero) is 3. The van der Waals surface area contributed by atoms with E-state index in [0.717, 1.165) is 0 Å². The van der Waals surface area contributed by atoms with E-state index in [-0.39, 0.29) is 16.7 Å². The number of carbonyl (C=O) groups is 3. The maximum Gasteiger partial charge on any atom is 0.231 e. The molecule has 2 aliphatic rings. The van der Waals surface area contributed by atoms with Crippen LogP contribution in [0.4, 0.5) is 0 Å². The third-order valence-corrected chi connectivity index (χ3v) is 6.43. The van der Waals surface area contributed by atoms with Crippen molar-refractivity contribution in [2.45, 2.75) is 35.2 Å². The Bertz CT molecular complexity index is 725. The number of halogens is 2. The first kappa shape index (κ1) is 15.8.